The lowest BCUT2D eigenvalue weighted by Gasteiger charge is -2.14. The first kappa shape index (κ1) is 12.8. The van der Waals surface area contributed by atoms with Crippen LogP contribution in [0.3, 0.4) is 0 Å². The van der Waals surface area contributed by atoms with E-state index in [-0.39, 0.29) is 11.8 Å². The Kier molecular flexibility index (Phi) is 3.24. The molecule has 0 aromatic heterocycles. The van der Waals surface area contributed by atoms with Crippen LogP contribution in [0.1, 0.15) is 33.6 Å². The second-order valence-corrected chi connectivity index (χ2v) is 5.09. The molecule has 4 nitrogen and oxygen atoms in total. The summed E-state index contributed by atoms with van der Waals surface area (Å²) in [6.45, 7) is 0.840. The average molecular weight is 268 g/mol. The molecule has 0 unspecified atom stereocenters. The normalized spacial score (nSPS) is 18.3. The molecule has 1 heterocycles. The first-order valence-electron chi connectivity index (χ1n) is 6.77. The molecule has 2 aromatic carbocycles. The van der Waals surface area contributed by atoms with Crippen LogP contribution in [0.15, 0.2) is 36.4 Å². The van der Waals surface area contributed by atoms with Gasteiger partial charge < -0.3 is 11.1 Å². The monoisotopic (exact) mass is 268 g/mol. The summed E-state index contributed by atoms with van der Waals surface area (Å²) in [5.74, 6) is -0.592. The Balaban J connectivity index is 2.21. The number of carbonyl (C=O) groups is 2. The fraction of sp³-hybridized carbons (Fsp3) is 0.250. The molecule has 0 radical (unpaired) electrons. The lowest BCUT2D eigenvalue weighted by Crippen LogP contribution is -2.32. The van der Waals surface area contributed by atoms with Gasteiger partial charge in [0.05, 0.1) is 11.6 Å². The van der Waals surface area contributed by atoms with Gasteiger partial charge in [-0.05, 0) is 36.2 Å². The minimum atomic E-state index is -0.558. The largest absolute Gasteiger partial charge is 0.366 e. The highest BCUT2D eigenvalue weighted by atomic mass is 16.1. The number of amides is 1. The molecular weight excluding hydrogens is 252 g/mol. The Bertz CT molecular complexity index is 688. The van der Waals surface area contributed by atoms with Crippen LogP contribution in [0, 0.1) is 0 Å². The molecule has 1 fully saturated rings. The molecule has 4 heteroatoms. The molecule has 1 amide bonds. The molecule has 3 N–H and O–H groups in total. The summed E-state index contributed by atoms with van der Waals surface area (Å²) in [6.07, 6.45) is 1.79. The maximum absolute atomic E-state index is 12.7. The molecule has 3 rings (SSSR count). The first-order valence-corrected chi connectivity index (χ1v) is 6.77. The van der Waals surface area contributed by atoms with Gasteiger partial charge in [-0.3, -0.25) is 9.59 Å². The van der Waals surface area contributed by atoms with Crippen molar-refractivity contribution in [2.24, 2.45) is 5.73 Å². The number of hydrogen-bond acceptors (Lipinski definition) is 3. The van der Waals surface area contributed by atoms with E-state index in [9.17, 15) is 9.59 Å². The number of fused-ring (bicyclic) bond motifs is 1. The van der Waals surface area contributed by atoms with Gasteiger partial charge in [-0.1, -0.05) is 30.3 Å². The Morgan fingerprint density at radius 3 is 2.65 bits per heavy atom. The zero-order valence-electron chi connectivity index (χ0n) is 11.1. The van der Waals surface area contributed by atoms with E-state index in [1.807, 2.05) is 30.3 Å². The number of hydrogen-bond donors (Lipinski definition) is 2. The summed E-state index contributed by atoms with van der Waals surface area (Å²) >= 11 is 0. The van der Waals surface area contributed by atoms with Crippen molar-refractivity contribution in [2.45, 2.75) is 18.9 Å². The standard InChI is InChI=1S/C16H16N2O2/c17-16(20)12-8-7-10-4-1-2-5-11(10)14(12)15(19)13-6-3-9-18-13/h1-2,4-5,7-8,13,18H,3,6,9H2,(H2,17,20)/t13-/m0/s1. The number of rotatable bonds is 3. The SMILES string of the molecule is NC(=O)c1ccc2ccccc2c1C(=O)[C@@H]1CCCN1. The van der Waals surface area contributed by atoms with E-state index in [1.54, 1.807) is 6.07 Å². The van der Waals surface area contributed by atoms with Crippen molar-refractivity contribution in [3.05, 3.63) is 47.5 Å². The van der Waals surface area contributed by atoms with Crippen LogP contribution in [0.5, 0.6) is 0 Å². The average Bonchev–Trinajstić information content (AvgIpc) is 2.99. The molecule has 20 heavy (non-hydrogen) atoms. The van der Waals surface area contributed by atoms with Gasteiger partial charge in [0, 0.05) is 5.56 Å². The summed E-state index contributed by atoms with van der Waals surface area (Å²) in [7, 11) is 0. The number of benzene rings is 2. The molecule has 1 atom stereocenters. The maximum atomic E-state index is 12.7. The predicted molar refractivity (Wildman–Crippen MR) is 77.8 cm³/mol. The van der Waals surface area contributed by atoms with Gasteiger partial charge in [-0.25, -0.2) is 0 Å². The number of Topliss-reactive ketones (excluding diaryl/α,β-unsaturated/α-hetero) is 1. The number of nitrogens with two attached hydrogens (primary N) is 1. The molecular formula is C16H16N2O2. The van der Waals surface area contributed by atoms with Crippen LogP contribution < -0.4 is 11.1 Å². The molecule has 0 bridgehead atoms. The fourth-order valence-corrected chi connectivity index (χ4v) is 2.82. The molecule has 1 aliphatic heterocycles. The smallest absolute Gasteiger partial charge is 0.249 e. The quantitative estimate of drug-likeness (QED) is 0.835. The van der Waals surface area contributed by atoms with E-state index >= 15 is 0 Å². The van der Waals surface area contributed by atoms with Gasteiger partial charge in [0.25, 0.3) is 0 Å². The van der Waals surface area contributed by atoms with E-state index in [2.05, 4.69) is 5.32 Å². The topological polar surface area (TPSA) is 72.2 Å². The van der Waals surface area contributed by atoms with Crippen LogP contribution in [0.25, 0.3) is 10.8 Å². The maximum Gasteiger partial charge on any atom is 0.249 e. The van der Waals surface area contributed by atoms with E-state index < -0.39 is 5.91 Å². The highest BCUT2D eigenvalue weighted by Crippen LogP contribution is 2.25. The zero-order valence-corrected chi connectivity index (χ0v) is 11.1. The first-order chi connectivity index (χ1) is 9.68. The molecule has 0 aliphatic carbocycles. The lowest BCUT2D eigenvalue weighted by molar-refractivity contribution is 0.0937. The number of nitrogens with one attached hydrogen (secondary N) is 1. The van der Waals surface area contributed by atoms with Crippen molar-refractivity contribution in [3.8, 4) is 0 Å². The third-order valence-corrected chi connectivity index (χ3v) is 3.82. The summed E-state index contributed by atoms with van der Waals surface area (Å²) in [5, 5.41) is 4.92. The highest BCUT2D eigenvalue weighted by molar-refractivity contribution is 6.17. The van der Waals surface area contributed by atoms with E-state index in [1.165, 1.54) is 0 Å². The summed E-state index contributed by atoms with van der Waals surface area (Å²) < 4.78 is 0. The Labute approximate surface area is 117 Å². The van der Waals surface area contributed by atoms with Crippen LogP contribution in [0.2, 0.25) is 0 Å². The van der Waals surface area contributed by atoms with E-state index in [4.69, 9.17) is 5.73 Å². The van der Waals surface area contributed by atoms with Crippen molar-refractivity contribution in [1.29, 1.82) is 0 Å². The van der Waals surface area contributed by atoms with Gasteiger partial charge >= 0.3 is 0 Å². The van der Waals surface area contributed by atoms with Crippen molar-refractivity contribution in [1.82, 2.24) is 5.32 Å². The minimum Gasteiger partial charge on any atom is -0.366 e. The summed E-state index contributed by atoms with van der Waals surface area (Å²) in [6, 6.07) is 10.8. The molecule has 2 aromatic rings. The lowest BCUT2D eigenvalue weighted by atomic mass is 9.92. The molecule has 0 spiro atoms. The molecule has 1 saturated heterocycles. The minimum absolute atomic E-state index is 0.0342. The fourth-order valence-electron chi connectivity index (χ4n) is 2.82. The van der Waals surface area contributed by atoms with Gasteiger partial charge in [-0.2, -0.15) is 0 Å². The van der Waals surface area contributed by atoms with E-state index in [0.29, 0.717) is 11.1 Å². The van der Waals surface area contributed by atoms with Crippen molar-refractivity contribution in [2.75, 3.05) is 6.54 Å². The number of carbonyl (C=O) groups excluding carboxylic acids is 2. The van der Waals surface area contributed by atoms with Crippen LogP contribution in [0.4, 0.5) is 0 Å². The number of ketones is 1. The van der Waals surface area contributed by atoms with Crippen molar-refractivity contribution >= 4 is 22.5 Å². The van der Waals surface area contributed by atoms with Crippen LogP contribution in [-0.4, -0.2) is 24.3 Å². The molecule has 102 valence electrons. The molecule has 1 aliphatic rings. The Morgan fingerprint density at radius 2 is 1.95 bits per heavy atom. The van der Waals surface area contributed by atoms with Gasteiger partial charge in [0.1, 0.15) is 0 Å². The van der Waals surface area contributed by atoms with Crippen LogP contribution in [-0.2, 0) is 0 Å². The zero-order chi connectivity index (χ0) is 14.1. The Morgan fingerprint density at radius 1 is 1.15 bits per heavy atom. The van der Waals surface area contributed by atoms with Gasteiger partial charge in [-0.15, -0.1) is 0 Å². The van der Waals surface area contributed by atoms with Gasteiger partial charge in [0.2, 0.25) is 5.91 Å². The Hall–Kier alpha value is -2.20. The predicted octanol–water partition coefficient (Wildman–Crippen LogP) is 1.87. The second-order valence-electron chi connectivity index (χ2n) is 5.09. The third kappa shape index (κ3) is 2.08. The highest BCUT2D eigenvalue weighted by Gasteiger charge is 2.27. The van der Waals surface area contributed by atoms with Crippen molar-refractivity contribution in [3.63, 3.8) is 0 Å². The van der Waals surface area contributed by atoms with E-state index in [0.717, 1.165) is 30.2 Å². The number of primary amides is 1. The van der Waals surface area contributed by atoms with Crippen LogP contribution >= 0.6 is 0 Å². The second kappa shape index (κ2) is 5.06. The summed E-state index contributed by atoms with van der Waals surface area (Å²) in [4.78, 5) is 24.4. The third-order valence-electron chi connectivity index (χ3n) is 3.82. The molecule has 0 saturated carbocycles. The van der Waals surface area contributed by atoms with Crippen molar-refractivity contribution < 1.29 is 9.59 Å². The summed E-state index contributed by atoms with van der Waals surface area (Å²) in [5.41, 5.74) is 6.19. The van der Waals surface area contributed by atoms with Gasteiger partial charge in [0.15, 0.2) is 5.78 Å².